The molecule has 7 amide bonds. The quantitative estimate of drug-likeness (QED) is 0.00606. The van der Waals surface area contributed by atoms with E-state index in [9.17, 15) is 43.4 Å². The lowest BCUT2D eigenvalue weighted by Crippen LogP contribution is -2.36. The first kappa shape index (κ1) is 94.9. The predicted octanol–water partition coefficient (Wildman–Crippen LogP) is 20.7. The van der Waals surface area contributed by atoms with Gasteiger partial charge in [-0.3, -0.25) is 24.2 Å². The maximum atomic E-state index is 14.6. The minimum Gasteiger partial charge on any atom is -0.450 e. The number of nitrogens with zero attached hydrogens (tertiary/aromatic N) is 1. The standard InChI is InChI=1S/C79H143N8O14PS3/c1-3-5-7-9-11-13-15-17-19-21-23-25-28-32-36-44-57-82-78(92)98-65-70(100-79(93)83-58-45-37-33-29-26-24-22-20-18-16-14-12-10-8-6-4-2)66-99-102(96,101-69-54-52-68(53-55-69)87(94)95)62-48-39-35-31-27-30-34-38-47-61-97-77(91)84-60-64-105-104-63-59-81-74(89)50-41-40-46-56-80-73(88)51-43-42-49-72-75-71(67-103-72)85-76(90)86-75/h52-55,70-72,75H,3-51,56-67H2,1-2H3,(H,80,88)(H,81,89)(H,82,92)(H,83,93)(H,84,91)(H2,85,86,90)/t70?,71-,72-,75-,102?/m0/s1. The SMILES string of the molecule is CCCCCCCCCCCCCCCCCCNC(=O)OCC(COP(=O)(CCCCCCCCCCCOC(=O)NCCSSCCNC(=O)CCCCCNC(=O)CCCC[C@@H]1SC[C@@H]2NC(=O)N[C@@H]21)Oc1ccc([N+](=O)[O-])cc1)OC(=O)NCCCCCCCCCCCCCCCCCC. The molecule has 22 nitrogen and oxygen atoms in total. The highest BCUT2D eigenvalue weighted by Crippen LogP contribution is 2.50. The molecule has 2 aliphatic rings. The molecule has 2 unspecified atom stereocenters. The van der Waals surface area contributed by atoms with Crippen LogP contribution >= 0.6 is 40.9 Å². The highest BCUT2D eigenvalue weighted by Gasteiger charge is 2.42. The summed E-state index contributed by atoms with van der Waals surface area (Å²) in [6.45, 7) is 6.68. The number of benzene rings is 1. The summed E-state index contributed by atoms with van der Waals surface area (Å²) in [7, 11) is -0.672. The molecule has 26 heteroatoms. The Balaban J connectivity index is 1.27. The van der Waals surface area contributed by atoms with Crippen LogP contribution in [0.4, 0.5) is 24.9 Å². The minimum atomic E-state index is -3.95. The summed E-state index contributed by atoms with van der Waals surface area (Å²) in [5, 5.41) is 32.2. The lowest BCUT2D eigenvalue weighted by molar-refractivity contribution is -0.384. The van der Waals surface area contributed by atoms with Gasteiger partial charge >= 0.3 is 31.9 Å². The zero-order valence-corrected chi connectivity index (χ0v) is 68.4. The number of hydrogen-bond donors (Lipinski definition) is 7. The zero-order valence-electron chi connectivity index (χ0n) is 65.1. The van der Waals surface area contributed by atoms with E-state index in [1.54, 1.807) is 21.6 Å². The fourth-order valence-corrected chi connectivity index (χ4v) is 18.1. The molecule has 2 aliphatic heterocycles. The predicted molar refractivity (Wildman–Crippen MR) is 433 cm³/mol. The monoisotopic (exact) mass is 1550 g/mol. The second kappa shape index (κ2) is 66.6. The van der Waals surface area contributed by atoms with Crippen molar-refractivity contribution in [2.45, 2.75) is 352 Å². The van der Waals surface area contributed by atoms with Crippen LogP contribution in [0.1, 0.15) is 328 Å². The molecule has 0 aromatic heterocycles. The van der Waals surface area contributed by atoms with Gasteiger partial charge in [0.2, 0.25) is 11.8 Å². The number of ether oxygens (including phenoxy) is 3. The average Bonchev–Trinajstić information content (AvgIpc) is 1.66. The van der Waals surface area contributed by atoms with Gasteiger partial charge in [-0.05, 0) is 63.5 Å². The first-order valence-electron chi connectivity index (χ1n) is 41.7. The maximum Gasteiger partial charge on any atom is 0.407 e. The highest BCUT2D eigenvalue weighted by atomic mass is 33.1. The number of fused-ring (bicyclic) bond motifs is 1. The molecule has 2 saturated heterocycles. The third-order valence-corrected chi connectivity index (χ3v) is 25.2. The third-order valence-electron chi connectivity index (χ3n) is 19.4. The second-order valence-electron chi connectivity index (χ2n) is 28.8. The van der Waals surface area contributed by atoms with E-state index < -0.39 is 36.9 Å². The number of carbonyl (C=O) groups excluding carboxylic acids is 6. The van der Waals surface area contributed by atoms with Crippen molar-refractivity contribution >= 4 is 82.8 Å². The van der Waals surface area contributed by atoms with Crippen molar-refractivity contribution in [3.63, 3.8) is 0 Å². The van der Waals surface area contributed by atoms with Crippen LogP contribution in [0.5, 0.6) is 5.75 Å². The van der Waals surface area contributed by atoms with E-state index in [4.69, 9.17) is 23.3 Å². The number of unbranched alkanes of at least 4 members (excludes halogenated alkanes) is 41. The van der Waals surface area contributed by atoms with Gasteiger partial charge in [0.1, 0.15) is 12.4 Å². The van der Waals surface area contributed by atoms with Gasteiger partial charge in [0.15, 0.2) is 6.10 Å². The van der Waals surface area contributed by atoms with E-state index in [2.05, 4.69) is 51.1 Å². The Hall–Kier alpha value is -4.32. The summed E-state index contributed by atoms with van der Waals surface area (Å²) in [5.74, 6) is 2.64. The van der Waals surface area contributed by atoms with E-state index in [-0.39, 0.29) is 60.7 Å². The molecule has 0 bridgehead atoms. The van der Waals surface area contributed by atoms with Gasteiger partial charge in [-0.1, -0.05) is 286 Å². The number of alkyl carbamates (subject to hydrolysis) is 3. The van der Waals surface area contributed by atoms with Crippen LogP contribution in [-0.2, 0) is 32.9 Å². The van der Waals surface area contributed by atoms with Crippen molar-refractivity contribution in [3.05, 3.63) is 34.4 Å². The van der Waals surface area contributed by atoms with Gasteiger partial charge in [-0.15, -0.1) is 0 Å². The highest BCUT2D eigenvalue weighted by molar-refractivity contribution is 8.76. The maximum absolute atomic E-state index is 14.6. The Morgan fingerprint density at radius 1 is 0.505 bits per heavy atom. The number of thioether (sulfide) groups is 1. The third kappa shape index (κ3) is 54.9. The molecule has 0 radical (unpaired) electrons. The normalized spacial score (nSPS) is 15.4. The van der Waals surface area contributed by atoms with Crippen LogP contribution in [0, 0.1) is 10.1 Å². The molecule has 2 fully saturated rings. The van der Waals surface area contributed by atoms with Crippen molar-refractivity contribution in [3.8, 4) is 5.75 Å². The molecule has 1 aromatic carbocycles. The molecule has 7 N–H and O–H groups in total. The topological polar surface area (TPSA) is 293 Å². The Morgan fingerprint density at radius 3 is 1.42 bits per heavy atom. The Labute approximate surface area is 645 Å². The molecular weight excluding hydrogens is 1410 g/mol. The molecule has 5 atom stereocenters. The van der Waals surface area contributed by atoms with Crippen molar-refractivity contribution in [2.24, 2.45) is 0 Å². The van der Waals surface area contributed by atoms with Crippen molar-refractivity contribution < 1.29 is 61.5 Å². The van der Waals surface area contributed by atoms with Crippen molar-refractivity contribution in [2.75, 3.05) is 76.0 Å². The molecule has 606 valence electrons. The lowest BCUT2D eigenvalue weighted by Gasteiger charge is -2.23. The molecule has 1 aromatic rings. The van der Waals surface area contributed by atoms with Gasteiger partial charge in [-0.25, -0.2) is 23.7 Å². The van der Waals surface area contributed by atoms with Crippen LogP contribution in [-0.4, -0.2) is 140 Å². The smallest absolute Gasteiger partial charge is 0.407 e. The molecule has 2 heterocycles. The van der Waals surface area contributed by atoms with E-state index in [1.165, 1.54) is 191 Å². The largest absolute Gasteiger partial charge is 0.450 e. The minimum absolute atomic E-state index is 0.0287. The number of hydrogen-bond acceptors (Lipinski definition) is 17. The Kier molecular flexibility index (Phi) is 60.2. The van der Waals surface area contributed by atoms with Gasteiger partial charge < -0.3 is 56.0 Å². The summed E-state index contributed by atoms with van der Waals surface area (Å²) in [6.07, 6.45) is 51.3. The fourth-order valence-electron chi connectivity index (χ4n) is 13.1. The first-order chi connectivity index (χ1) is 51.3. The van der Waals surface area contributed by atoms with Crippen LogP contribution in [0.2, 0.25) is 0 Å². The molecule has 0 saturated carbocycles. The summed E-state index contributed by atoms with van der Waals surface area (Å²) >= 11 is 1.90. The second-order valence-corrected chi connectivity index (χ2v) is 34.9. The van der Waals surface area contributed by atoms with Crippen LogP contribution in [0.3, 0.4) is 0 Å². The number of nitrogens with one attached hydrogen (secondary N) is 7. The van der Waals surface area contributed by atoms with Crippen LogP contribution in [0.15, 0.2) is 24.3 Å². The number of non-ortho nitro benzene ring substituents is 1. The molecular formula is C79H143N8O14PS3. The number of amides is 7. The zero-order chi connectivity index (χ0) is 75.6. The van der Waals surface area contributed by atoms with Crippen LogP contribution < -0.4 is 41.7 Å². The Morgan fingerprint density at radius 2 is 0.914 bits per heavy atom. The summed E-state index contributed by atoms with van der Waals surface area (Å²) < 4.78 is 43.3. The van der Waals surface area contributed by atoms with Crippen molar-refractivity contribution in [1.82, 2.24) is 37.2 Å². The fraction of sp³-hybridized carbons (Fsp3) is 0.848. The number of carbonyl (C=O) groups is 6. The summed E-state index contributed by atoms with van der Waals surface area (Å²) in [4.78, 5) is 85.5. The summed E-state index contributed by atoms with van der Waals surface area (Å²) in [6, 6.07) is 5.65. The van der Waals surface area contributed by atoms with Gasteiger partial charge in [0.05, 0.1) is 36.4 Å². The molecule has 105 heavy (non-hydrogen) atoms. The number of rotatable bonds is 73. The molecule has 0 aliphatic carbocycles. The Bertz CT molecular complexity index is 2430. The van der Waals surface area contributed by atoms with Gasteiger partial charge in [0, 0.05) is 80.2 Å². The summed E-state index contributed by atoms with van der Waals surface area (Å²) in [5.41, 5.74) is -0.147. The first-order valence-corrected chi connectivity index (χ1v) is 47.0. The lowest BCUT2D eigenvalue weighted by atomic mass is 10.0. The van der Waals surface area contributed by atoms with Crippen molar-refractivity contribution in [1.29, 1.82) is 0 Å². The number of nitro groups is 1. The van der Waals surface area contributed by atoms with E-state index >= 15 is 0 Å². The molecule has 3 rings (SSSR count). The van der Waals surface area contributed by atoms with Crippen LogP contribution in [0.25, 0.3) is 0 Å². The van der Waals surface area contributed by atoms with E-state index in [1.807, 2.05) is 11.8 Å². The van der Waals surface area contributed by atoms with E-state index in [0.717, 1.165) is 140 Å². The molecule has 0 spiro atoms. The number of nitro benzene ring substituents is 1. The average molecular weight is 1560 g/mol. The van der Waals surface area contributed by atoms with Gasteiger partial charge in [0.25, 0.3) is 5.69 Å². The number of urea groups is 1. The van der Waals surface area contributed by atoms with Gasteiger partial charge in [-0.2, -0.15) is 11.8 Å². The van der Waals surface area contributed by atoms with E-state index in [0.29, 0.717) is 69.6 Å².